The van der Waals surface area contributed by atoms with Crippen LogP contribution < -0.4 is 0 Å². The Morgan fingerprint density at radius 3 is 0.792 bits per heavy atom. The van der Waals surface area contributed by atoms with Crippen LogP contribution in [0.3, 0.4) is 0 Å². The Morgan fingerprint density at radius 1 is 0.273 bits per heavy atom. The summed E-state index contributed by atoms with van der Waals surface area (Å²) >= 11 is 0. The van der Waals surface area contributed by atoms with Crippen LogP contribution in [-0.4, -0.2) is 37.2 Å². The van der Waals surface area contributed by atoms with Crippen molar-refractivity contribution in [2.45, 2.75) is 374 Å². The van der Waals surface area contributed by atoms with Gasteiger partial charge in [-0.1, -0.05) is 339 Å². The van der Waals surface area contributed by atoms with Crippen molar-refractivity contribution in [1.82, 2.24) is 0 Å². The molecule has 0 aliphatic rings. The zero-order chi connectivity index (χ0) is 55.7. The Kier molecular flexibility index (Phi) is 63.6. The second-order valence-electron chi connectivity index (χ2n) is 23.1. The molecule has 0 bridgehead atoms. The van der Waals surface area contributed by atoms with E-state index in [1.165, 1.54) is 238 Å². The lowest BCUT2D eigenvalue weighted by Gasteiger charge is -2.18. The number of hydrogen-bond donors (Lipinski definition) is 0. The molecule has 0 rings (SSSR count). The molecule has 0 saturated heterocycles. The van der Waals surface area contributed by atoms with Crippen LogP contribution in [-0.2, 0) is 28.6 Å². The monoisotopic (exact) mass is 1080 g/mol. The molecule has 77 heavy (non-hydrogen) atoms. The predicted molar refractivity (Wildman–Crippen MR) is 335 cm³/mol. The molecule has 0 saturated carbocycles. The minimum Gasteiger partial charge on any atom is -0.462 e. The number of unbranched alkanes of at least 4 members (excludes halogenated alkanes) is 44. The smallest absolute Gasteiger partial charge is 0.306 e. The van der Waals surface area contributed by atoms with Gasteiger partial charge in [-0.2, -0.15) is 0 Å². The van der Waals surface area contributed by atoms with Gasteiger partial charge in [-0.15, -0.1) is 0 Å². The first-order valence-corrected chi connectivity index (χ1v) is 34.1. The molecule has 0 aromatic heterocycles. The zero-order valence-corrected chi connectivity index (χ0v) is 51.7. The van der Waals surface area contributed by atoms with Gasteiger partial charge in [0.2, 0.25) is 0 Å². The average molecular weight is 1080 g/mol. The Balaban J connectivity index is 4.28. The number of hydrogen-bond acceptors (Lipinski definition) is 6. The normalized spacial score (nSPS) is 12.3. The van der Waals surface area contributed by atoms with Gasteiger partial charge in [0.1, 0.15) is 13.2 Å². The van der Waals surface area contributed by atoms with Gasteiger partial charge in [0.15, 0.2) is 6.10 Å². The van der Waals surface area contributed by atoms with E-state index in [-0.39, 0.29) is 31.1 Å². The van der Waals surface area contributed by atoms with E-state index in [4.69, 9.17) is 14.2 Å². The highest BCUT2D eigenvalue weighted by molar-refractivity contribution is 5.71. The van der Waals surface area contributed by atoms with Gasteiger partial charge in [0, 0.05) is 19.3 Å². The summed E-state index contributed by atoms with van der Waals surface area (Å²) in [5.74, 6) is -0.852. The van der Waals surface area contributed by atoms with Crippen molar-refractivity contribution in [2.24, 2.45) is 0 Å². The fraction of sp³-hybridized carbons (Fsp3) is 0.845. The molecule has 450 valence electrons. The van der Waals surface area contributed by atoms with E-state index in [1.54, 1.807) is 0 Å². The molecule has 0 heterocycles. The summed E-state index contributed by atoms with van der Waals surface area (Å²) in [7, 11) is 0. The van der Waals surface area contributed by atoms with Crippen LogP contribution in [0.15, 0.2) is 48.6 Å². The minimum absolute atomic E-state index is 0.0710. The van der Waals surface area contributed by atoms with Crippen LogP contribution >= 0.6 is 0 Å². The van der Waals surface area contributed by atoms with Crippen LogP contribution in [0.4, 0.5) is 0 Å². The Hall–Kier alpha value is -2.63. The molecule has 0 amide bonds. The molecule has 0 aromatic carbocycles. The molecule has 1 unspecified atom stereocenters. The van der Waals surface area contributed by atoms with Gasteiger partial charge < -0.3 is 14.2 Å². The predicted octanol–water partition coefficient (Wildman–Crippen LogP) is 23.3. The van der Waals surface area contributed by atoms with Crippen molar-refractivity contribution in [3.63, 3.8) is 0 Å². The van der Waals surface area contributed by atoms with Crippen molar-refractivity contribution in [2.75, 3.05) is 13.2 Å². The fourth-order valence-corrected chi connectivity index (χ4v) is 10.3. The highest BCUT2D eigenvalue weighted by Crippen LogP contribution is 2.18. The highest BCUT2D eigenvalue weighted by Gasteiger charge is 2.19. The maximum Gasteiger partial charge on any atom is 0.306 e. The number of carbonyl (C=O) groups is 3. The highest BCUT2D eigenvalue weighted by atomic mass is 16.6. The van der Waals surface area contributed by atoms with E-state index in [9.17, 15) is 14.4 Å². The van der Waals surface area contributed by atoms with E-state index in [0.717, 1.165) is 89.9 Å². The summed E-state index contributed by atoms with van der Waals surface area (Å²) in [6, 6.07) is 0. The van der Waals surface area contributed by atoms with Gasteiger partial charge in [0.25, 0.3) is 0 Å². The summed E-state index contributed by atoms with van der Waals surface area (Å²) in [6.07, 6.45) is 82.7. The number of allylic oxidation sites excluding steroid dienone is 8. The van der Waals surface area contributed by atoms with E-state index < -0.39 is 6.10 Å². The van der Waals surface area contributed by atoms with Crippen LogP contribution in [0.2, 0.25) is 0 Å². The summed E-state index contributed by atoms with van der Waals surface area (Å²) < 4.78 is 17.0. The van der Waals surface area contributed by atoms with Gasteiger partial charge >= 0.3 is 17.9 Å². The standard InChI is InChI=1S/C71H130O6/c1-4-7-10-13-16-19-22-25-28-30-32-34-35-36-38-39-41-43-46-49-52-55-58-61-64-70(73)76-67-68(66-75-69(72)63-60-57-54-51-48-45-27-24-21-18-15-12-9-6-3)77-71(74)65-62-59-56-53-50-47-44-42-40-37-33-31-29-26-23-20-17-14-11-8-5-2/h8,11,17,20,26,29,33,37,68H,4-7,9-10,12-16,18-19,21-25,27-28,30-32,34-36,38-67H2,1-3H3/b11-8-,20-17-,29-26-,37-33-. The average Bonchev–Trinajstić information content (AvgIpc) is 3.43. The maximum atomic E-state index is 12.9. The van der Waals surface area contributed by atoms with Crippen molar-refractivity contribution in [1.29, 1.82) is 0 Å². The molecule has 0 N–H and O–H groups in total. The fourth-order valence-electron chi connectivity index (χ4n) is 10.3. The van der Waals surface area contributed by atoms with Crippen LogP contribution in [0, 0.1) is 0 Å². The van der Waals surface area contributed by atoms with E-state index in [1.807, 2.05) is 0 Å². The zero-order valence-electron chi connectivity index (χ0n) is 51.7. The number of carbonyl (C=O) groups excluding carboxylic acids is 3. The summed E-state index contributed by atoms with van der Waals surface area (Å²) in [5, 5.41) is 0. The Bertz CT molecular complexity index is 1330. The van der Waals surface area contributed by atoms with Gasteiger partial charge in [0.05, 0.1) is 0 Å². The van der Waals surface area contributed by atoms with Crippen LogP contribution in [0.1, 0.15) is 367 Å². The molecule has 6 nitrogen and oxygen atoms in total. The molecule has 0 fully saturated rings. The molecule has 0 radical (unpaired) electrons. The van der Waals surface area contributed by atoms with Crippen molar-refractivity contribution in [3.05, 3.63) is 48.6 Å². The number of rotatable bonds is 63. The third kappa shape index (κ3) is 64.1. The van der Waals surface area contributed by atoms with Gasteiger partial charge in [-0.25, -0.2) is 0 Å². The Labute approximate surface area is 479 Å². The minimum atomic E-state index is -0.775. The van der Waals surface area contributed by atoms with Crippen molar-refractivity contribution >= 4 is 17.9 Å². The van der Waals surface area contributed by atoms with E-state index in [2.05, 4.69) is 69.4 Å². The SMILES string of the molecule is CC/C=C\C/C=C\C/C=C\C/C=C\CCCCCCCCCCC(=O)OC(COC(=O)CCCCCCCCCCCCCCCC)COC(=O)CCCCCCCCCCCCCCCCCCCCCCCCCC. The van der Waals surface area contributed by atoms with Crippen molar-refractivity contribution in [3.8, 4) is 0 Å². The molecule has 0 aliphatic carbocycles. The lowest BCUT2D eigenvalue weighted by atomic mass is 10.0. The third-order valence-electron chi connectivity index (χ3n) is 15.3. The molecule has 0 aliphatic heterocycles. The third-order valence-corrected chi connectivity index (χ3v) is 15.3. The topological polar surface area (TPSA) is 78.9 Å². The first-order valence-electron chi connectivity index (χ1n) is 34.1. The summed E-state index contributed by atoms with van der Waals surface area (Å²) in [5.41, 5.74) is 0. The van der Waals surface area contributed by atoms with E-state index in [0.29, 0.717) is 19.3 Å². The molecular formula is C71H130O6. The molecule has 6 heteroatoms. The quantitative estimate of drug-likeness (QED) is 0.0261. The summed E-state index contributed by atoms with van der Waals surface area (Å²) in [4.78, 5) is 38.4. The molecule has 0 spiro atoms. The first-order chi connectivity index (χ1) is 38.0. The van der Waals surface area contributed by atoms with Gasteiger partial charge in [-0.05, 0) is 57.8 Å². The molecule has 1 atom stereocenters. The lowest BCUT2D eigenvalue weighted by Crippen LogP contribution is -2.30. The Morgan fingerprint density at radius 2 is 0.506 bits per heavy atom. The second-order valence-corrected chi connectivity index (χ2v) is 23.1. The maximum absolute atomic E-state index is 12.9. The van der Waals surface area contributed by atoms with Crippen LogP contribution in [0.25, 0.3) is 0 Å². The lowest BCUT2D eigenvalue weighted by molar-refractivity contribution is -0.167. The number of ether oxygens (including phenoxy) is 3. The van der Waals surface area contributed by atoms with Gasteiger partial charge in [-0.3, -0.25) is 14.4 Å². The summed E-state index contributed by atoms with van der Waals surface area (Å²) in [6.45, 7) is 6.59. The van der Waals surface area contributed by atoms with Crippen LogP contribution in [0.5, 0.6) is 0 Å². The van der Waals surface area contributed by atoms with Crippen molar-refractivity contribution < 1.29 is 28.6 Å². The second kappa shape index (κ2) is 65.9. The van der Waals surface area contributed by atoms with E-state index >= 15 is 0 Å². The molecule has 0 aromatic rings. The largest absolute Gasteiger partial charge is 0.462 e. The molecular weight excluding hydrogens is 949 g/mol. The number of esters is 3. The first kappa shape index (κ1) is 74.4.